The van der Waals surface area contributed by atoms with Crippen LogP contribution in [-0.4, -0.2) is 17.5 Å². The monoisotopic (exact) mass is 283 g/mol. The fraction of sp³-hybridized carbons (Fsp3) is 0.600. The Bertz CT molecular complexity index is 405. The average Bonchev–Trinajstić information content (AvgIpc) is 2.31. The molecule has 1 heterocycles. The van der Waals surface area contributed by atoms with Gasteiger partial charge in [0.1, 0.15) is 0 Å². The van der Waals surface area contributed by atoms with Gasteiger partial charge in [-0.15, -0.1) is 0 Å². The zero-order valence-corrected chi connectivity index (χ0v) is 12.9. The Kier molecular flexibility index (Phi) is 4.63. The molecule has 0 radical (unpaired) electrons. The zero-order valence-electron chi connectivity index (χ0n) is 11.4. The summed E-state index contributed by atoms with van der Waals surface area (Å²) in [6.45, 7) is 6.96. The molecular weight excluding hydrogens is 262 g/mol. The molecule has 2 unspecified atom stereocenters. The van der Waals surface area contributed by atoms with Crippen LogP contribution < -0.4 is 5.32 Å². The van der Waals surface area contributed by atoms with Crippen molar-refractivity contribution in [2.24, 2.45) is 5.41 Å². The highest BCUT2D eigenvalue weighted by Gasteiger charge is 2.33. The summed E-state index contributed by atoms with van der Waals surface area (Å²) in [6.07, 6.45) is 1.29. The Hall–Kier alpha value is -0.180. The third-order valence-electron chi connectivity index (χ3n) is 3.92. The van der Waals surface area contributed by atoms with Crippen LogP contribution in [0.4, 0.5) is 0 Å². The van der Waals surface area contributed by atoms with Crippen molar-refractivity contribution >= 4 is 23.4 Å². The summed E-state index contributed by atoms with van der Waals surface area (Å²) in [5.41, 5.74) is 1.66. The first-order valence-corrected chi connectivity index (χ1v) is 8.11. The summed E-state index contributed by atoms with van der Waals surface area (Å²) in [5, 5.41) is 4.59. The molecule has 0 aromatic heterocycles. The molecule has 18 heavy (non-hydrogen) atoms. The predicted octanol–water partition coefficient (Wildman–Crippen LogP) is 4.52. The van der Waals surface area contributed by atoms with Crippen LogP contribution in [0.2, 0.25) is 5.02 Å². The van der Waals surface area contributed by atoms with Gasteiger partial charge in [-0.05, 0) is 42.2 Å². The molecule has 100 valence electrons. The van der Waals surface area contributed by atoms with Gasteiger partial charge < -0.3 is 5.32 Å². The molecule has 1 saturated heterocycles. The summed E-state index contributed by atoms with van der Waals surface area (Å²) in [6, 6.07) is 9.08. The van der Waals surface area contributed by atoms with E-state index in [0.29, 0.717) is 17.5 Å². The Balaban J connectivity index is 2.04. The molecule has 0 aliphatic carbocycles. The van der Waals surface area contributed by atoms with Gasteiger partial charge in [-0.2, -0.15) is 11.8 Å². The first-order chi connectivity index (χ1) is 8.49. The smallest absolute Gasteiger partial charge is 0.0409 e. The van der Waals surface area contributed by atoms with Gasteiger partial charge in [-0.1, -0.05) is 37.6 Å². The molecule has 0 bridgehead atoms. The fourth-order valence-corrected chi connectivity index (χ4v) is 4.20. The van der Waals surface area contributed by atoms with Crippen molar-refractivity contribution in [2.75, 3.05) is 11.5 Å². The molecule has 0 amide bonds. The minimum absolute atomic E-state index is 0.353. The molecule has 1 aliphatic heterocycles. The number of benzene rings is 1. The summed E-state index contributed by atoms with van der Waals surface area (Å²) >= 11 is 8.11. The number of hydrogen-bond donors (Lipinski definition) is 1. The number of halogens is 1. The Morgan fingerprint density at radius 2 is 2.22 bits per heavy atom. The minimum Gasteiger partial charge on any atom is -0.306 e. The highest BCUT2D eigenvalue weighted by molar-refractivity contribution is 7.99. The Labute approximate surface area is 120 Å². The fourth-order valence-electron chi connectivity index (χ4n) is 2.38. The second kappa shape index (κ2) is 5.85. The van der Waals surface area contributed by atoms with Crippen molar-refractivity contribution in [1.82, 2.24) is 5.32 Å². The molecule has 0 spiro atoms. The molecule has 1 aliphatic rings. The number of nitrogens with one attached hydrogen (secondary N) is 1. The highest BCUT2D eigenvalue weighted by atomic mass is 35.5. The standard InChI is InChI=1S/C15H22ClNS/c1-11(12-5-4-6-13(16)9-12)17-14-10-18-8-7-15(14,2)3/h4-6,9,11,14,17H,7-8,10H2,1-3H3. The van der Waals surface area contributed by atoms with Crippen molar-refractivity contribution in [1.29, 1.82) is 0 Å². The highest BCUT2D eigenvalue weighted by Crippen LogP contribution is 2.35. The maximum absolute atomic E-state index is 6.06. The van der Waals surface area contributed by atoms with E-state index in [1.165, 1.54) is 23.5 Å². The van der Waals surface area contributed by atoms with Gasteiger partial charge in [0.25, 0.3) is 0 Å². The van der Waals surface area contributed by atoms with Gasteiger partial charge >= 0.3 is 0 Å². The number of thioether (sulfide) groups is 1. The van der Waals surface area contributed by atoms with Crippen LogP contribution in [0.5, 0.6) is 0 Å². The summed E-state index contributed by atoms with van der Waals surface area (Å²) in [7, 11) is 0. The van der Waals surface area contributed by atoms with Crippen molar-refractivity contribution in [3.63, 3.8) is 0 Å². The van der Waals surface area contributed by atoms with Gasteiger partial charge in [-0.3, -0.25) is 0 Å². The van der Waals surface area contributed by atoms with Crippen LogP contribution in [-0.2, 0) is 0 Å². The van der Waals surface area contributed by atoms with Crippen molar-refractivity contribution in [3.05, 3.63) is 34.9 Å². The molecule has 1 N–H and O–H groups in total. The number of hydrogen-bond acceptors (Lipinski definition) is 2. The maximum Gasteiger partial charge on any atom is 0.0409 e. The SMILES string of the molecule is CC(NC1CSCCC1(C)C)c1cccc(Cl)c1. The third-order valence-corrected chi connectivity index (χ3v) is 5.22. The lowest BCUT2D eigenvalue weighted by Gasteiger charge is -2.40. The summed E-state index contributed by atoms with van der Waals surface area (Å²) < 4.78 is 0. The van der Waals surface area contributed by atoms with E-state index in [4.69, 9.17) is 11.6 Å². The van der Waals surface area contributed by atoms with Crippen molar-refractivity contribution in [2.45, 2.75) is 39.3 Å². The lowest BCUT2D eigenvalue weighted by Crippen LogP contribution is -2.47. The van der Waals surface area contributed by atoms with Crippen LogP contribution in [0.3, 0.4) is 0 Å². The van der Waals surface area contributed by atoms with Crippen LogP contribution >= 0.6 is 23.4 Å². The molecule has 1 aromatic carbocycles. The molecule has 2 atom stereocenters. The van der Waals surface area contributed by atoms with Gasteiger partial charge in [-0.25, -0.2) is 0 Å². The quantitative estimate of drug-likeness (QED) is 0.875. The van der Waals surface area contributed by atoms with Crippen molar-refractivity contribution in [3.8, 4) is 0 Å². The second-order valence-electron chi connectivity index (χ2n) is 5.81. The molecule has 2 rings (SSSR count). The minimum atomic E-state index is 0.353. The number of rotatable bonds is 3. The largest absolute Gasteiger partial charge is 0.306 e. The summed E-state index contributed by atoms with van der Waals surface area (Å²) in [5.74, 6) is 2.49. The first kappa shape index (κ1) is 14.2. The van der Waals surface area contributed by atoms with E-state index in [0.717, 1.165) is 5.02 Å². The summed E-state index contributed by atoms with van der Waals surface area (Å²) in [4.78, 5) is 0. The van der Waals surface area contributed by atoms with E-state index in [9.17, 15) is 0 Å². The lowest BCUT2D eigenvalue weighted by molar-refractivity contribution is 0.232. The van der Waals surface area contributed by atoms with Crippen LogP contribution in [0.1, 0.15) is 38.8 Å². The van der Waals surface area contributed by atoms with E-state index < -0.39 is 0 Å². The third kappa shape index (κ3) is 3.43. The molecule has 0 saturated carbocycles. The maximum atomic E-state index is 6.06. The molecular formula is C15H22ClNS. The average molecular weight is 284 g/mol. The second-order valence-corrected chi connectivity index (χ2v) is 7.40. The topological polar surface area (TPSA) is 12.0 Å². The molecule has 3 heteroatoms. The Morgan fingerprint density at radius 3 is 2.89 bits per heavy atom. The van der Waals surface area contributed by atoms with Gasteiger partial charge in [0.15, 0.2) is 0 Å². The molecule has 1 aromatic rings. The van der Waals surface area contributed by atoms with E-state index in [-0.39, 0.29) is 0 Å². The van der Waals surface area contributed by atoms with E-state index in [1.807, 2.05) is 12.1 Å². The van der Waals surface area contributed by atoms with Gasteiger partial charge in [0.05, 0.1) is 0 Å². The van der Waals surface area contributed by atoms with Crippen LogP contribution in [0.25, 0.3) is 0 Å². The Morgan fingerprint density at radius 1 is 1.44 bits per heavy atom. The van der Waals surface area contributed by atoms with Crippen molar-refractivity contribution < 1.29 is 0 Å². The zero-order chi connectivity index (χ0) is 13.2. The van der Waals surface area contributed by atoms with Crippen LogP contribution in [0.15, 0.2) is 24.3 Å². The predicted molar refractivity (Wildman–Crippen MR) is 82.5 cm³/mol. The van der Waals surface area contributed by atoms with Crippen LogP contribution in [0, 0.1) is 5.41 Å². The van der Waals surface area contributed by atoms with Gasteiger partial charge in [0.2, 0.25) is 0 Å². The lowest BCUT2D eigenvalue weighted by atomic mass is 9.81. The van der Waals surface area contributed by atoms with Gasteiger partial charge in [0, 0.05) is 22.9 Å². The van der Waals surface area contributed by atoms with E-state index in [1.54, 1.807) is 0 Å². The molecule has 1 nitrogen and oxygen atoms in total. The normalized spacial score (nSPS) is 24.8. The first-order valence-electron chi connectivity index (χ1n) is 6.58. The molecule has 1 fully saturated rings. The van der Waals surface area contributed by atoms with E-state index in [2.05, 4.69) is 50.0 Å². The van der Waals surface area contributed by atoms with E-state index >= 15 is 0 Å².